The molecule has 4 aromatic rings. The quantitative estimate of drug-likeness (QED) is 0.168. The minimum atomic E-state index is -0.00129. The SMILES string of the molecule is COc1cc(C2CCC([C@@H](C)C(=O)Nc3ccc(Cl)cc3)CC2)ccn1.COc1cc(C2CCC([C@H](C)C(=O)Nc3ccc(Cl)cc3)CC2)ccn1. The van der Waals surface area contributed by atoms with E-state index in [1.807, 2.05) is 62.6 Å². The summed E-state index contributed by atoms with van der Waals surface area (Å²) in [4.78, 5) is 33.5. The lowest BCUT2D eigenvalue weighted by molar-refractivity contribution is -0.122. The van der Waals surface area contributed by atoms with Crippen molar-refractivity contribution in [2.45, 2.75) is 77.0 Å². The zero-order valence-electron chi connectivity index (χ0n) is 30.5. The zero-order valence-corrected chi connectivity index (χ0v) is 32.0. The Hall–Kier alpha value is -4.14. The van der Waals surface area contributed by atoms with Crippen LogP contribution in [0.15, 0.2) is 85.2 Å². The van der Waals surface area contributed by atoms with E-state index >= 15 is 0 Å². The summed E-state index contributed by atoms with van der Waals surface area (Å²) in [5, 5.41) is 7.34. The minimum Gasteiger partial charge on any atom is -0.481 e. The molecular formula is C42H50Cl2N4O4. The normalized spacial score (nSPS) is 21.0. The van der Waals surface area contributed by atoms with Gasteiger partial charge in [-0.25, -0.2) is 9.97 Å². The lowest BCUT2D eigenvalue weighted by Crippen LogP contribution is -2.29. The third kappa shape index (κ3) is 10.9. The van der Waals surface area contributed by atoms with E-state index in [4.69, 9.17) is 32.7 Å². The maximum atomic E-state index is 12.6. The van der Waals surface area contributed by atoms with Gasteiger partial charge in [-0.1, -0.05) is 37.0 Å². The Labute approximate surface area is 318 Å². The van der Waals surface area contributed by atoms with Crippen LogP contribution in [-0.2, 0) is 9.59 Å². The smallest absolute Gasteiger partial charge is 0.227 e. The van der Waals surface area contributed by atoms with Crippen LogP contribution in [0.5, 0.6) is 11.8 Å². The number of nitrogens with zero attached hydrogens (tertiary/aromatic N) is 2. The van der Waals surface area contributed by atoms with Crippen LogP contribution in [0.3, 0.4) is 0 Å². The topological polar surface area (TPSA) is 102 Å². The van der Waals surface area contributed by atoms with E-state index in [1.54, 1.807) is 38.5 Å². The molecule has 2 heterocycles. The van der Waals surface area contributed by atoms with Crippen LogP contribution in [0.1, 0.15) is 88.2 Å². The van der Waals surface area contributed by atoms with Crippen LogP contribution in [0.2, 0.25) is 10.0 Å². The molecule has 0 spiro atoms. The van der Waals surface area contributed by atoms with Gasteiger partial charge in [-0.3, -0.25) is 9.59 Å². The number of ether oxygens (including phenoxy) is 2. The molecule has 276 valence electrons. The number of carbonyl (C=O) groups is 2. The van der Waals surface area contributed by atoms with Gasteiger partial charge in [-0.05, 0) is 147 Å². The fourth-order valence-electron chi connectivity index (χ4n) is 7.49. The zero-order chi connectivity index (χ0) is 37.0. The van der Waals surface area contributed by atoms with Crippen LogP contribution >= 0.6 is 23.2 Å². The molecule has 52 heavy (non-hydrogen) atoms. The molecule has 2 aromatic heterocycles. The van der Waals surface area contributed by atoms with E-state index in [-0.39, 0.29) is 23.7 Å². The Kier molecular flexibility index (Phi) is 14.3. The first-order chi connectivity index (χ1) is 25.1. The Morgan fingerprint density at radius 2 is 0.942 bits per heavy atom. The highest BCUT2D eigenvalue weighted by Crippen LogP contribution is 2.41. The van der Waals surface area contributed by atoms with Crippen molar-refractivity contribution in [3.8, 4) is 11.8 Å². The van der Waals surface area contributed by atoms with Crippen molar-refractivity contribution in [3.63, 3.8) is 0 Å². The summed E-state index contributed by atoms with van der Waals surface area (Å²) in [7, 11) is 3.29. The van der Waals surface area contributed by atoms with Gasteiger partial charge in [0.1, 0.15) is 0 Å². The van der Waals surface area contributed by atoms with Crippen molar-refractivity contribution in [2.75, 3.05) is 24.9 Å². The summed E-state index contributed by atoms with van der Waals surface area (Å²) in [5.74, 6) is 3.38. The summed E-state index contributed by atoms with van der Waals surface area (Å²) >= 11 is 11.8. The molecule has 0 saturated heterocycles. The molecule has 2 aliphatic carbocycles. The molecule has 2 saturated carbocycles. The van der Waals surface area contributed by atoms with Crippen molar-refractivity contribution in [1.82, 2.24) is 9.97 Å². The first-order valence-corrected chi connectivity index (χ1v) is 19.0. The Morgan fingerprint density at radius 1 is 0.596 bits per heavy atom. The number of hydrogen-bond acceptors (Lipinski definition) is 6. The lowest BCUT2D eigenvalue weighted by atomic mass is 9.74. The van der Waals surface area contributed by atoms with Crippen LogP contribution in [0, 0.1) is 23.7 Å². The maximum absolute atomic E-state index is 12.6. The van der Waals surface area contributed by atoms with E-state index in [1.165, 1.54) is 11.1 Å². The highest BCUT2D eigenvalue weighted by Gasteiger charge is 2.31. The van der Waals surface area contributed by atoms with Crippen LogP contribution < -0.4 is 20.1 Å². The molecular weight excluding hydrogens is 695 g/mol. The molecule has 0 aliphatic heterocycles. The number of anilines is 2. The second kappa shape index (κ2) is 19.1. The Balaban J connectivity index is 0.000000201. The maximum Gasteiger partial charge on any atom is 0.227 e. The number of carbonyl (C=O) groups excluding carboxylic acids is 2. The molecule has 2 amide bonds. The number of hydrogen-bond donors (Lipinski definition) is 2. The van der Waals surface area contributed by atoms with E-state index in [2.05, 4.69) is 32.7 Å². The molecule has 8 nitrogen and oxygen atoms in total. The van der Waals surface area contributed by atoms with Gasteiger partial charge < -0.3 is 20.1 Å². The molecule has 2 N–H and O–H groups in total. The molecule has 2 fully saturated rings. The average Bonchev–Trinajstić information content (AvgIpc) is 3.19. The molecule has 2 atom stereocenters. The van der Waals surface area contributed by atoms with E-state index < -0.39 is 0 Å². The predicted octanol–water partition coefficient (Wildman–Crippen LogP) is 10.6. The number of aromatic nitrogens is 2. The third-order valence-electron chi connectivity index (χ3n) is 10.9. The number of pyridine rings is 2. The molecule has 2 aliphatic rings. The Morgan fingerprint density at radius 3 is 1.27 bits per heavy atom. The Bertz CT molecular complexity index is 1610. The molecule has 0 bridgehead atoms. The van der Waals surface area contributed by atoms with Crippen LogP contribution in [0.25, 0.3) is 0 Å². The van der Waals surface area contributed by atoms with Crippen molar-refractivity contribution in [1.29, 1.82) is 0 Å². The van der Waals surface area contributed by atoms with Crippen LogP contribution in [0.4, 0.5) is 11.4 Å². The summed E-state index contributed by atoms with van der Waals surface area (Å²) in [6.07, 6.45) is 12.2. The van der Waals surface area contributed by atoms with Gasteiger partial charge in [-0.15, -0.1) is 0 Å². The average molecular weight is 746 g/mol. The van der Waals surface area contributed by atoms with E-state index in [9.17, 15) is 9.59 Å². The van der Waals surface area contributed by atoms with Crippen LogP contribution in [-0.4, -0.2) is 36.0 Å². The number of halogens is 2. The van der Waals surface area contributed by atoms with Gasteiger partial charge >= 0.3 is 0 Å². The minimum absolute atomic E-state index is 0.00129. The van der Waals surface area contributed by atoms with Gasteiger partial charge in [0.25, 0.3) is 0 Å². The standard InChI is InChI=1S/2C21H25ClN2O2/c2*1-14(21(25)24-19-9-7-18(22)8-10-19)15-3-5-16(6-4-15)17-11-12-23-20(13-17)26-2/h2*7-16H,3-6H2,1-2H3,(H,24,25)/t2*14-,15?,16?/m10/s1. The molecule has 2 aromatic carbocycles. The van der Waals surface area contributed by atoms with Gasteiger partial charge in [0, 0.05) is 57.8 Å². The fraction of sp³-hybridized carbons (Fsp3) is 0.429. The third-order valence-corrected chi connectivity index (χ3v) is 11.4. The monoisotopic (exact) mass is 744 g/mol. The molecule has 10 heteroatoms. The van der Waals surface area contributed by atoms with Crippen molar-refractivity contribution >= 4 is 46.4 Å². The fourth-order valence-corrected chi connectivity index (χ4v) is 7.74. The van der Waals surface area contributed by atoms with Gasteiger partial charge in [0.2, 0.25) is 23.6 Å². The highest BCUT2D eigenvalue weighted by atomic mass is 35.5. The molecule has 0 unspecified atom stereocenters. The molecule has 6 rings (SSSR count). The predicted molar refractivity (Wildman–Crippen MR) is 209 cm³/mol. The summed E-state index contributed by atoms with van der Waals surface area (Å²) < 4.78 is 10.5. The first kappa shape index (κ1) is 39.1. The van der Waals surface area contributed by atoms with Gasteiger partial charge in [-0.2, -0.15) is 0 Å². The van der Waals surface area contributed by atoms with Crippen molar-refractivity contribution < 1.29 is 19.1 Å². The number of rotatable bonds is 10. The van der Waals surface area contributed by atoms with E-state index in [0.717, 1.165) is 62.7 Å². The van der Waals surface area contributed by atoms with Gasteiger partial charge in [0.05, 0.1) is 14.2 Å². The summed E-state index contributed by atoms with van der Waals surface area (Å²) in [6.45, 7) is 4.07. The first-order valence-electron chi connectivity index (χ1n) is 18.3. The van der Waals surface area contributed by atoms with E-state index in [0.29, 0.717) is 45.5 Å². The molecule has 0 radical (unpaired) electrons. The lowest BCUT2D eigenvalue weighted by Gasteiger charge is -2.32. The summed E-state index contributed by atoms with van der Waals surface area (Å²) in [5.41, 5.74) is 4.16. The number of methoxy groups -OCH3 is 2. The van der Waals surface area contributed by atoms with Gasteiger partial charge in [0.15, 0.2) is 0 Å². The second-order valence-corrected chi connectivity index (χ2v) is 14.9. The number of benzene rings is 2. The largest absolute Gasteiger partial charge is 0.481 e. The van der Waals surface area contributed by atoms with Crippen molar-refractivity contribution in [3.05, 3.63) is 106 Å². The highest BCUT2D eigenvalue weighted by molar-refractivity contribution is 6.31. The second-order valence-electron chi connectivity index (χ2n) is 14.1. The number of nitrogens with one attached hydrogen (secondary N) is 2. The van der Waals surface area contributed by atoms with Crippen molar-refractivity contribution in [2.24, 2.45) is 23.7 Å². The number of amides is 2. The summed E-state index contributed by atoms with van der Waals surface area (Å²) in [6, 6.07) is 22.7.